The Morgan fingerprint density at radius 3 is 2.82 bits per heavy atom. The van der Waals surface area contributed by atoms with Crippen LogP contribution in [0, 0.1) is 0 Å². The summed E-state index contributed by atoms with van der Waals surface area (Å²) in [4.78, 5) is 26.7. The van der Waals surface area contributed by atoms with Crippen LogP contribution in [0.4, 0.5) is 0 Å². The molecular weight excluding hydrogens is 283 g/mol. The van der Waals surface area contributed by atoms with Crippen LogP contribution in [-0.4, -0.2) is 15.3 Å². The molecule has 0 aliphatic heterocycles. The van der Waals surface area contributed by atoms with Gasteiger partial charge >= 0.3 is 5.69 Å². The van der Waals surface area contributed by atoms with Gasteiger partial charge < -0.3 is 0 Å². The number of thiophene rings is 1. The number of nitrogens with zero attached hydrogens (tertiary/aromatic N) is 2. The van der Waals surface area contributed by atoms with E-state index < -0.39 is 5.69 Å². The zero-order valence-electron chi connectivity index (χ0n) is 8.39. The average Bonchev–Trinajstić information content (AvgIpc) is 2.61. The van der Waals surface area contributed by atoms with Gasteiger partial charge in [0.1, 0.15) is 4.34 Å². The van der Waals surface area contributed by atoms with Crippen LogP contribution in [0.2, 0.25) is 8.67 Å². The third-order valence-corrected chi connectivity index (χ3v) is 3.54. The van der Waals surface area contributed by atoms with E-state index in [1.54, 1.807) is 6.07 Å². The van der Waals surface area contributed by atoms with Gasteiger partial charge in [-0.25, -0.2) is 9.78 Å². The second kappa shape index (κ2) is 5.00. The van der Waals surface area contributed by atoms with Gasteiger partial charge in [-0.1, -0.05) is 23.2 Å². The first-order chi connectivity index (χ1) is 8.08. The van der Waals surface area contributed by atoms with E-state index in [2.05, 4.69) is 4.98 Å². The maximum Gasteiger partial charge on any atom is 0.347 e. The predicted molar refractivity (Wildman–Crippen MR) is 67.2 cm³/mol. The number of carbonyl (C=O) groups is 1. The van der Waals surface area contributed by atoms with Crippen LogP contribution in [0.15, 0.2) is 29.3 Å². The van der Waals surface area contributed by atoms with E-state index in [1.165, 1.54) is 23.0 Å². The minimum absolute atomic E-state index is 0.0978. The number of hydrogen-bond donors (Lipinski definition) is 0. The number of Topliss-reactive ketones (excluding diaryl/α,β-unsaturated/α-hetero) is 1. The van der Waals surface area contributed by atoms with Gasteiger partial charge in [0, 0.05) is 12.4 Å². The zero-order valence-corrected chi connectivity index (χ0v) is 10.7. The quantitative estimate of drug-likeness (QED) is 0.816. The summed E-state index contributed by atoms with van der Waals surface area (Å²) >= 11 is 12.7. The summed E-state index contributed by atoms with van der Waals surface area (Å²) in [7, 11) is 0. The van der Waals surface area contributed by atoms with Gasteiger partial charge in [-0.2, -0.15) is 0 Å². The number of ketones is 1. The summed E-state index contributed by atoms with van der Waals surface area (Å²) in [6, 6.07) is 3.08. The molecule has 2 aromatic heterocycles. The molecule has 0 fully saturated rings. The first kappa shape index (κ1) is 12.3. The molecule has 0 saturated carbocycles. The Hall–Kier alpha value is -1.17. The molecule has 0 aromatic carbocycles. The fraction of sp³-hybridized carbons (Fsp3) is 0.100. The highest BCUT2D eigenvalue weighted by atomic mass is 35.5. The first-order valence-corrected chi connectivity index (χ1v) is 6.14. The van der Waals surface area contributed by atoms with E-state index in [9.17, 15) is 9.59 Å². The van der Waals surface area contributed by atoms with Crippen molar-refractivity contribution in [1.29, 1.82) is 0 Å². The largest absolute Gasteiger partial charge is 0.347 e. The fourth-order valence-electron chi connectivity index (χ4n) is 1.28. The van der Waals surface area contributed by atoms with E-state index >= 15 is 0 Å². The third kappa shape index (κ3) is 2.74. The summed E-state index contributed by atoms with van der Waals surface area (Å²) in [6.07, 6.45) is 2.87. The van der Waals surface area contributed by atoms with Gasteiger partial charge in [-0.05, 0) is 12.1 Å². The van der Waals surface area contributed by atoms with Crippen molar-refractivity contribution in [2.45, 2.75) is 6.54 Å². The standard InChI is InChI=1S/C10H6Cl2N2O2S/c11-8-4-6(9(12)17-8)7(15)5-14-3-1-2-13-10(14)16/h1-4H,5H2. The first-order valence-electron chi connectivity index (χ1n) is 4.57. The highest BCUT2D eigenvalue weighted by Crippen LogP contribution is 2.31. The monoisotopic (exact) mass is 288 g/mol. The molecule has 17 heavy (non-hydrogen) atoms. The van der Waals surface area contributed by atoms with Crippen LogP contribution in [-0.2, 0) is 6.54 Å². The lowest BCUT2D eigenvalue weighted by molar-refractivity contribution is 0.0971. The van der Waals surface area contributed by atoms with Crippen LogP contribution in [0.1, 0.15) is 10.4 Å². The Morgan fingerprint density at radius 1 is 1.47 bits per heavy atom. The van der Waals surface area contributed by atoms with Crippen molar-refractivity contribution in [3.8, 4) is 0 Å². The molecule has 0 atom stereocenters. The van der Waals surface area contributed by atoms with Gasteiger partial charge in [0.05, 0.1) is 16.4 Å². The Morgan fingerprint density at radius 2 is 2.24 bits per heavy atom. The van der Waals surface area contributed by atoms with Crippen molar-refractivity contribution in [3.05, 3.63) is 49.2 Å². The van der Waals surface area contributed by atoms with Crippen LogP contribution < -0.4 is 5.69 Å². The molecule has 2 rings (SSSR count). The maximum absolute atomic E-state index is 11.9. The van der Waals surface area contributed by atoms with Crippen LogP contribution in [0.25, 0.3) is 0 Å². The van der Waals surface area contributed by atoms with Gasteiger partial charge in [0.15, 0.2) is 5.78 Å². The third-order valence-electron chi connectivity index (χ3n) is 2.05. The molecular formula is C10H6Cl2N2O2S. The predicted octanol–water partition coefficient (Wildman–Crippen LogP) is 2.49. The lowest BCUT2D eigenvalue weighted by atomic mass is 10.2. The molecule has 0 aliphatic carbocycles. The average molecular weight is 289 g/mol. The maximum atomic E-state index is 11.9. The van der Waals surface area contributed by atoms with E-state index in [4.69, 9.17) is 23.2 Å². The summed E-state index contributed by atoms with van der Waals surface area (Å²) in [5, 5.41) is 0. The number of carbonyl (C=O) groups excluding carboxylic acids is 1. The molecule has 0 N–H and O–H groups in total. The molecule has 0 saturated heterocycles. The molecule has 0 radical (unpaired) electrons. The second-order valence-electron chi connectivity index (χ2n) is 3.19. The Labute approximate surface area is 110 Å². The lowest BCUT2D eigenvalue weighted by Crippen LogP contribution is -2.25. The van der Waals surface area contributed by atoms with Crippen molar-refractivity contribution in [3.63, 3.8) is 0 Å². The Bertz CT molecular complexity index is 621. The second-order valence-corrected chi connectivity index (χ2v) is 5.48. The SMILES string of the molecule is O=C(Cn1cccnc1=O)c1cc(Cl)sc1Cl. The van der Waals surface area contributed by atoms with Crippen molar-refractivity contribution in [2.75, 3.05) is 0 Å². The molecule has 2 aromatic rings. The van der Waals surface area contributed by atoms with Crippen LogP contribution >= 0.6 is 34.5 Å². The molecule has 7 heteroatoms. The summed E-state index contributed by atoms with van der Waals surface area (Å²) in [5.74, 6) is -0.270. The van der Waals surface area contributed by atoms with E-state index in [-0.39, 0.29) is 12.3 Å². The number of halogens is 2. The highest BCUT2D eigenvalue weighted by molar-refractivity contribution is 7.20. The van der Waals surface area contributed by atoms with Gasteiger partial charge in [-0.15, -0.1) is 11.3 Å². The summed E-state index contributed by atoms with van der Waals surface area (Å²) in [5.41, 5.74) is -0.143. The number of aromatic nitrogens is 2. The molecule has 0 unspecified atom stereocenters. The molecule has 0 spiro atoms. The highest BCUT2D eigenvalue weighted by Gasteiger charge is 2.15. The van der Waals surface area contributed by atoms with Crippen molar-refractivity contribution in [1.82, 2.24) is 9.55 Å². The Kier molecular flexibility index (Phi) is 3.61. The normalized spacial score (nSPS) is 10.5. The van der Waals surface area contributed by atoms with Gasteiger partial charge in [-0.3, -0.25) is 9.36 Å². The zero-order chi connectivity index (χ0) is 12.4. The molecule has 0 aliphatic rings. The summed E-state index contributed by atoms with van der Waals surface area (Å²) in [6.45, 7) is -0.0978. The van der Waals surface area contributed by atoms with Crippen molar-refractivity contribution < 1.29 is 4.79 Å². The topological polar surface area (TPSA) is 52.0 Å². The molecule has 0 amide bonds. The van der Waals surface area contributed by atoms with Crippen molar-refractivity contribution in [2.24, 2.45) is 0 Å². The smallest absolute Gasteiger partial charge is 0.292 e. The molecule has 0 bridgehead atoms. The van der Waals surface area contributed by atoms with E-state index in [0.717, 1.165) is 11.3 Å². The molecule has 4 nitrogen and oxygen atoms in total. The Balaban J connectivity index is 2.26. The molecule has 2 heterocycles. The van der Waals surface area contributed by atoms with Gasteiger partial charge in [0.2, 0.25) is 0 Å². The van der Waals surface area contributed by atoms with E-state index in [1.807, 2.05) is 0 Å². The van der Waals surface area contributed by atoms with Gasteiger partial charge in [0.25, 0.3) is 0 Å². The molecule has 88 valence electrons. The summed E-state index contributed by atoms with van der Waals surface area (Å²) < 4.78 is 1.98. The minimum Gasteiger partial charge on any atom is -0.292 e. The minimum atomic E-state index is -0.474. The van der Waals surface area contributed by atoms with Crippen LogP contribution in [0.3, 0.4) is 0 Å². The van der Waals surface area contributed by atoms with E-state index in [0.29, 0.717) is 14.2 Å². The van der Waals surface area contributed by atoms with Crippen LogP contribution in [0.5, 0.6) is 0 Å². The van der Waals surface area contributed by atoms with Crippen molar-refractivity contribution >= 4 is 40.3 Å². The fourth-order valence-corrected chi connectivity index (χ4v) is 2.78. The lowest BCUT2D eigenvalue weighted by Gasteiger charge is -2.02. The number of hydrogen-bond acceptors (Lipinski definition) is 4. The number of rotatable bonds is 3.